The van der Waals surface area contributed by atoms with Crippen molar-refractivity contribution >= 4 is 17.3 Å². The van der Waals surface area contributed by atoms with Crippen LogP contribution in [-0.4, -0.2) is 21.3 Å². The zero-order valence-electron chi connectivity index (χ0n) is 10.9. The zero-order valence-corrected chi connectivity index (χ0v) is 11.6. The Morgan fingerprint density at radius 1 is 1.39 bits per heavy atom. The van der Waals surface area contributed by atoms with Gasteiger partial charge in [-0.2, -0.15) is 5.10 Å². The van der Waals surface area contributed by atoms with Gasteiger partial charge in [0, 0.05) is 18.4 Å². The quantitative estimate of drug-likeness (QED) is 0.923. The summed E-state index contributed by atoms with van der Waals surface area (Å²) in [6.45, 7) is 7.49. The molecule has 0 aliphatic heterocycles. The van der Waals surface area contributed by atoms with E-state index in [1.165, 1.54) is 0 Å². The molecule has 0 amide bonds. The van der Waals surface area contributed by atoms with Crippen molar-refractivity contribution in [3.05, 3.63) is 40.4 Å². The molecule has 0 aromatic carbocycles. The average molecular weight is 265 g/mol. The molecule has 0 radical (unpaired) electrons. The van der Waals surface area contributed by atoms with Crippen molar-refractivity contribution in [1.29, 1.82) is 0 Å². The Morgan fingerprint density at radius 3 is 2.78 bits per heavy atom. The summed E-state index contributed by atoms with van der Waals surface area (Å²) in [5.74, 6) is 0. The molecule has 0 saturated carbocycles. The molecule has 0 atom stereocenters. The van der Waals surface area contributed by atoms with E-state index in [2.05, 4.69) is 22.3 Å². The number of anilines is 1. The van der Waals surface area contributed by atoms with Gasteiger partial charge in [0.2, 0.25) is 0 Å². The lowest BCUT2D eigenvalue weighted by atomic mass is 10.3. The van der Waals surface area contributed by atoms with E-state index in [4.69, 9.17) is 11.6 Å². The van der Waals surface area contributed by atoms with Crippen LogP contribution in [0, 0.1) is 13.8 Å². The number of nitrogens with zero attached hydrogens (tertiary/aromatic N) is 3. The number of hydrogen-bond donors (Lipinski definition) is 1. The number of rotatable bonds is 4. The lowest BCUT2D eigenvalue weighted by Crippen LogP contribution is -2.06. The first-order chi connectivity index (χ1) is 8.61. The molecule has 5 heteroatoms. The van der Waals surface area contributed by atoms with E-state index in [0.717, 1.165) is 34.3 Å². The van der Waals surface area contributed by atoms with Crippen molar-refractivity contribution in [3.8, 4) is 0 Å². The van der Waals surface area contributed by atoms with Crippen LogP contribution in [0.1, 0.15) is 24.0 Å². The van der Waals surface area contributed by atoms with E-state index >= 15 is 0 Å². The van der Waals surface area contributed by atoms with Crippen molar-refractivity contribution in [2.75, 3.05) is 11.9 Å². The van der Waals surface area contributed by atoms with Crippen molar-refractivity contribution < 1.29 is 0 Å². The maximum atomic E-state index is 6.13. The number of pyridine rings is 1. The maximum absolute atomic E-state index is 6.13. The average Bonchev–Trinajstić information content (AvgIpc) is 2.58. The fourth-order valence-corrected chi connectivity index (χ4v) is 2.00. The SMILES string of the molecule is CCNc1ccnc(Cn2nc(C)c(Cl)c2C)c1. The standard InChI is InChI=1S/C13H17ClN4/c1-4-15-11-5-6-16-12(7-11)8-18-10(3)13(14)9(2)17-18/h5-7H,4,8H2,1-3H3,(H,15,16). The summed E-state index contributed by atoms with van der Waals surface area (Å²) in [4.78, 5) is 4.35. The normalized spacial score (nSPS) is 10.7. The van der Waals surface area contributed by atoms with Crippen LogP contribution in [-0.2, 0) is 6.54 Å². The molecule has 4 nitrogen and oxygen atoms in total. The van der Waals surface area contributed by atoms with Crippen LogP contribution in [0.3, 0.4) is 0 Å². The number of halogens is 1. The van der Waals surface area contributed by atoms with E-state index in [-0.39, 0.29) is 0 Å². The molecule has 0 spiro atoms. The van der Waals surface area contributed by atoms with Gasteiger partial charge in [-0.05, 0) is 32.9 Å². The molecule has 2 aromatic heterocycles. The van der Waals surface area contributed by atoms with Crippen LogP contribution < -0.4 is 5.32 Å². The predicted octanol–water partition coefficient (Wildman–Crippen LogP) is 3.03. The van der Waals surface area contributed by atoms with E-state index in [1.54, 1.807) is 6.20 Å². The lowest BCUT2D eigenvalue weighted by molar-refractivity contribution is 0.647. The molecule has 0 fully saturated rings. The third-order valence-corrected chi connectivity index (χ3v) is 3.35. The zero-order chi connectivity index (χ0) is 13.1. The van der Waals surface area contributed by atoms with E-state index < -0.39 is 0 Å². The Bertz CT molecular complexity index is 548. The highest BCUT2D eigenvalue weighted by molar-refractivity contribution is 6.31. The second-order valence-corrected chi connectivity index (χ2v) is 4.59. The summed E-state index contributed by atoms with van der Waals surface area (Å²) < 4.78 is 1.88. The molecule has 18 heavy (non-hydrogen) atoms. The molecule has 0 bridgehead atoms. The molecule has 0 unspecified atom stereocenters. The van der Waals surface area contributed by atoms with Gasteiger partial charge in [-0.25, -0.2) is 0 Å². The van der Waals surface area contributed by atoms with E-state index in [1.807, 2.05) is 30.7 Å². The Balaban J connectivity index is 2.23. The summed E-state index contributed by atoms with van der Waals surface area (Å²) in [5.41, 5.74) is 3.88. The largest absolute Gasteiger partial charge is 0.385 e. The minimum absolute atomic E-state index is 0.638. The minimum atomic E-state index is 0.638. The third kappa shape index (κ3) is 2.64. The van der Waals surface area contributed by atoms with Crippen LogP contribution in [0.4, 0.5) is 5.69 Å². The van der Waals surface area contributed by atoms with E-state index in [0.29, 0.717) is 6.54 Å². The molecule has 2 rings (SSSR count). The first kappa shape index (κ1) is 12.9. The van der Waals surface area contributed by atoms with Gasteiger partial charge in [0.05, 0.1) is 28.6 Å². The first-order valence-electron chi connectivity index (χ1n) is 6.00. The second kappa shape index (κ2) is 5.40. The van der Waals surface area contributed by atoms with Gasteiger partial charge in [0.15, 0.2) is 0 Å². The van der Waals surface area contributed by atoms with Gasteiger partial charge in [0.1, 0.15) is 0 Å². The third-order valence-electron chi connectivity index (χ3n) is 2.80. The molecule has 2 heterocycles. The smallest absolute Gasteiger partial charge is 0.0844 e. The van der Waals surface area contributed by atoms with Crippen molar-refractivity contribution in [3.63, 3.8) is 0 Å². The van der Waals surface area contributed by atoms with Gasteiger partial charge in [-0.3, -0.25) is 9.67 Å². The summed E-state index contributed by atoms with van der Waals surface area (Å²) in [6.07, 6.45) is 1.81. The highest BCUT2D eigenvalue weighted by Crippen LogP contribution is 2.20. The Morgan fingerprint density at radius 2 is 2.17 bits per heavy atom. The van der Waals surface area contributed by atoms with Crippen LogP contribution in [0.5, 0.6) is 0 Å². The summed E-state index contributed by atoms with van der Waals surface area (Å²) in [7, 11) is 0. The topological polar surface area (TPSA) is 42.7 Å². The summed E-state index contributed by atoms with van der Waals surface area (Å²) >= 11 is 6.13. The fraction of sp³-hybridized carbons (Fsp3) is 0.385. The molecular formula is C13H17ClN4. The molecule has 1 N–H and O–H groups in total. The lowest BCUT2D eigenvalue weighted by Gasteiger charge is -2.07. The minimum Gasteiger partial charge on any atom is -0.385 e. The molecule has 0 aliphatic rings. The summed E-state index contributed by atoms with van der Waals surface area (Å²) in [6, 6.07) is 4.00. The van der Waals surface area contributed by atoms with Crippen molar-refractivity contribution in [2.45, 2.75) is 27.3 Å². The van der Waals surface area contributed by atoms with Gasteiger partial charge in [0.25, 0.3) is 0 Å². The Labute approximate surface area is 112 Å². The number of aryl methyl sites for hydroxylation is 1. The Kier molecular flexibility index (Phi) is 3.87. The molecule has 2 aromatic rings. The first-order valence-corrected chi connectivity index (χ1v) is 6.38. The highest BCUT2D eigenvalue weighted by Gasteiger charge is 2.09. The van der Waals surface area contributed by atoms with Gasteiger partial charge in [-0.15, -0.1) is 0 Å². The van der Waals surface area contributed by atoms with Crippen LogP contribution in [0.15, 0.2) is 18.3 Å². The highest BCUT2D eigenvalue weighted by atomic mass is 35.5. The van der Waals surface area contributed by atoms with Crippen LogP contribution in [0.25, 0.3) is 0 Å². The van der Waals surface area contributed by atoms with Gasteiger partial charge in [-0.1, -0.05) is 11.6 Å². The predicted molar refractivity (Wildman–Crippen MR) is 74.2 cm³/mol. The fourth-order valence-electron chi connectivity index (χ4n) is 1.86. The van der Waals surface area contributed by atoms with Crippen molar-refractivity contribution in [1.82, 2.24) is 14.8 Å². The van der Waals surface area contributed by atoms with Gasteiger partial charge < -0.3 is 5.32 Å². The van der Waals surface area contributed by atoms with E-state index in [9.17, 15) is 0 Å². The number of nitrogens with one attached hydrogen (secondary N) is 1. The molecule has 0 saturated heterocycles. The van der Waals surface area contributed by atoms with Crippen LogP contribution in [0.2, 0.25) is 5.02 Å². The maximum Gasteiger partial charge on any atom is 0.0844 e. The summed E-state index contributed by atoms with van der Waals surface area (Å²) in [5, 5.41) is 8.41. The Hall–Kier alpha value is -1.55. The number of hydrogen-bond acceptors (Lipinski definition) is 3. The monoisotopic (exact) mass is 264 g/mol. The molecule has 96 valence electrons. The van der Waals surface area contributed by atoms with Gasteiger partial charge >= 0.3 is 0 Å². The number of aromatic nitrogens is 3. The second-order valence-electron chi connectivity index (χ2n) is 4.21. The molecule has 0 aliphatic carbocycles. The van der Waals surface area contributed by atoms with Crippen LogP contribution >= 0.6 is 11.6 Å². The van der Waals surface area contributed by atoms with Crippen molar-refractivity contribution in [2.24, 2.45) is 0 Å². The molecular weight excluding hydrogens is 248 g/mol.